The van der Waals surface area contributed by atoms with Gasteiger partial charge in [0.25, 0.3) is 5.91 Å². The lowest BCUT2D eigenvalue weighted by Crippen LogP contribution is -2.26. The van der Waals surface area contributed by atoms with Crippen LogP contribution in [0, 0.1) is 0 Å². The van der Waals surface area contributed by atoms with Gasteiger partial charge < -0.3 is 4.74 Å². The number of thiazole rings is 1. The van der Waals surface area contributed by atoms with Crippen LogP contribution in [0.25, 0.3) is 11.0 Å². The Labute approximate surface area is 137 Å². The molecule has 118 valence electrons. The van der Waals surface area contributed by atoms with Gasteiger partial charge in [0.1, 0.15) is 5.60 Å². The number of rotatable bonds is 3. The summed E-state index contributed by atoms with van der Waals surface area (Å²) in [6.45, 7) is 5.69. The number of aromatic nitrogens is 3. The van der Waals surface area contributed by atoms with Crippen LogP contribution in [0.1, 0.15) is 31.3 Å². The molecule has 2 heterocycles. The molecule has 2 aromatic heterocycles. The maximum Gasteiger partial charge on any atom is 0.281 e. The Morgan fingerprint density at radius 1 is 1.17 bits per heavy atom. The summed E-state index contributed by atoms with van der Waals surface area (Å²) >= 11 is 1.34. The number of anilines is 1. The van der Waals surface area contributed by atoms with Crippen molar-refractivity contribution in [1.29, 1.82) is 0 Å². The Hall–Kier alpha value is -2.54. The molecule has 0 saturated heterocycles. The number of fused-ring (bicyclic) bond motifs is 1. The topological polar surface area (TPSA) is 77.0 Å². The smallest absolute Gasteiger partial charge is 0.281 e. The summed E-state index contributed by atoms with van der Waals surface area (Å²) in [5.74, 6) is -0.178. The molecule has 7 heteroatoms. The second-order valence-electron chi connectivity index (χ2n) is 5.87. The van der Waals surface area contributed by atoms with Crippen LogP contribution in [0.4, 0.5) is 5.13 Å². The zero-order valence-electron chi connectivity index (χ0n) is 13.0. The Morgan fingerprint density at radius 2 is 1.87 bits per heavy atom. The van der Waals surface area contributed by atoms with Crippen molar-refractivity contribution in [3.8, 4) is 5.88 Å². The molecular formula is C16H16N4O2S. The van der Waals surface area contributed by atoms with E-state index in [-0.39, 0.29) is 11.6 Å². The van der Waals surface area contributed by atoms with Crippen LogP contribution in [0.3, 0.4) is 0 Å². The minimum absolute atomic E-state index is 0.147. The summed E-state index contributed by atoms with van der Waals surface area (Å²) in [6.07, 6.45) is 1.62. The van der Waals surface area contributed by atoms with Gasteiger partial charge in [-0.1, -0.05) is 12.1 Å². The van der Waals surface area contributed by atoms with Gasteiger partial charge in [0.15, 0.2) is 10.8 Å². The normalized spacial score (nSPS) is 11.4. The first-order valence-corrected chi connectivity index (χ1v) is 7.97. The van der Waals surface area contributed by atoms with Crippen LogP contribution in [0.15, 0.2) is 35.8 Å². The molecule has 3 rings (SSSR count). The van der Waals surface area contributed by atoms with Crippen LogP contribution in [0.2, 0.25) is 0 Å². The Balaban J connectivity index is 2.04. The molecule has 0 aliphatic carbocycles. The van der Waals surface area contributed by atoms with Crippen molar-refractivity contribution in [3.63, 3.8) is 0 Å². The van der Waals surface area contributed by atoms with Gasteiger partial charge in [-0.25, -0.2) is 15.0 Å². The van der Waals surface area contributed by atoms with E-state index in [1.54, 1.807) is 11.6 Å². The number of nitrogens with one attached hydrogen (secondary N) is 1. The molecule has 0 spiro atoms. The molecule has 0 fully saturated rings. The van der Waals surface area contributed by atoms with E-state index in [1.165, 1.54) is 11.3 Å². The van der Waals surface area contributed by atoms with Gasteiger partial charge in [0.2, 0.25) is 5.88 Å². The first-order valence-electron chi connectivity index (χ1n) is 7.09. The molecule has 1 N–H and O–H groups in total. The monoisotopic (exact) mass is 328 g/mol. The molecule has 0 atom stereocenters. The number of para-hydroxylation sites is 2. The molecule has 23 heavy (non-hydrogen) atoms. The molecule has 1 amide bonds. The first-order chi connectivity index (χ1) is 10.9. The number of nitrogens with zero attached hydrogens (tertiary/aromatic N) is 3. The van der Waals surface area contributed by atoms with E-state index < -0.39 is 11.5 Å². The number of benzene rings is 1. The van der Waals surface area contributed by atoms with Crippen molar-refractivity contribution in [2.45, 2.75) is 26.4 Å². The molecule has 1 aromatic carbocycles. The van der Waals surface area contributed by atoms with Gasteiger partial charge in [0.05, 0.1) is 11.0 Å². The highest BCUT2D eigenvalue weighted by Crippen LogP contribution is 2.24. The molecule has 0 radical (unpaired) electrons. The fourth-order valence-electron chi connectivity index (χ4n) is 1.93. The van der Waals surface area contributed by atoms with Crippen molar-refractivity contribution in [2.24, 2.45) is 0 Å². The van der Waals surface area contributed by atoms with E-state index in [1.807, 2.05) is 45.0 Å². The number of carbonyl (C=O) groups excluding carboxylic acids is 1. The zero-order valence-corrected chi connectivity index (χ0v) is 13.8. The second kappa shape index (κ2) is 5.92. The maximum absolute atomic E-state index is 12.5. The minimum atomic E-state index is -0.493. The summed E-state index contributed by atoms with van der Waals surface area (Å²) in [6, 6.07) is 7.36. The molecule has 0 aliphatic rings. The number of ether oxygens (including phenoxy) is 1. The maximum atomic E-state index is 12.5. The fourth-order valence-corrected chi connectivity index (χ4v) is 2.46. The van der Waals surface area contributed by atoms with Crippen LogP contribution >= 0.6 is 11.3 Å². The average Bonchev–Trinajstić information content (AvgIpc) is 2.97. The quantitative estimate of drug-likeness (QED) is 0.796. The van der Waals surface area contributed by atoms with Crippen LogP contribution in [0.5, 0.6) is 5.88 Å². The van der Waals surface area contributed by atoms with Gasteiger partial charge in [-0.2, -0.15) is 0 Å². The largest absolute Gasteiger partial charge is 0.470 e. The molecular weight excluding hydrogens is 312 g/mol. The molecule has 3 aromatic rings. The zero-order chi connectivity index (χ0) is 16.4. The third-order valence-electron chi connectivity index (χ3n) is 2.81. The van der Waals surface area contributed by atoms with Crippen LogP contribution in [-0.4, -0.2) is 26.5 Å². The van der Waals surface area contributed by atoms with Gasteiger partial charge in [-0.05, 0) is 32.9 Å². The van der Waals surface area contributed by atoms with Crippen molar-refractivity contribution in [3.05, 3.63) is 41.5 Å². The van der Waals surface area contributed by atoms with Crippen LogP contribution in [-0.2, 0) is 0 Å². The fraction of sp³-hybridized carbons (Fsp3) is 0.250. The van der Waals surface area contributed by atoms with Crippen molar-refractivity contribution >= 4 is 33.4 Å². The molecule has 0 aliphatic heterocycles. The number of hydrogen-bond donors (Lipinski definition) is 1. The van der Waals surface area contributed by atoms with E-state index in [0.717, 1.165) is 0 Å². The third kappa shape index (κ3) is 3.62. The number of carbonyl (C=O) groups is 1. The molecule has 0 saturated carbocycles. The SMILES string of the molecule is CC(C)(C)Oc1nc2ccccc2nc1C(=O)Nc1nccs1. The lowest BCUT2D eigenvalue weighted by atomic mass is 10.2. The summed E-state index contributed by atoms with van der Waals surface area (Å²) < 4.78 is 5.83. The van der Waals surface area contributed by atoms with Crippen molar-refractivity contribution in [1.82, 2.24) is 15.0 Å². The van der Waals surface area contributed by atoms with Crippen molar-refractivity contribution in [2.75, 3.05) is 5.32 Å². The lowest BCUT2D eigenvalue weighted by molar-refractivity contribution is 0.0984. The van der Waals surface area contributed by atoms with Crippen molar-refractivity contribution < 1.29 is 9.53 Å². The highest BCUT2D eigenvalue weighted by atomic mass is 32.1. The Kier molecular flexibility index (Phi) is 3.96. The van der Waals surface area contributed by atoms with Gasteiger partial charge in [0, 0.05) is 11.6 Å². The summed E-state index contributed by atoms with van der Waals surface area (Å²) in [4.78, 5) is 25.4. The van der Waals surface area contributed by atoms with E-state index in [0.29, 0.717) is 16.2 Å². The average molecular weight is 328 g/mol. The Bertz CT molecular complexity index is 841. The summed E-state index contributed by atoms with van der Waals surface area (Å²) in [7, 11) is 0. The highest BCUT2D eigenvalue weighted by Gasteiger charge is 2.23. The van der Waals surface area contributed by atoms with Crippen LogP contribution < -0.4 is 10.1 Å². The van der Waals surface area contributed by atoms with E-state index in [2.05, 4.69) is 20.3 Å². The molecule has 0 unspecified atom stereocenters. The summed E-state index contributed by atoms with van der Waals surface area (Å²) in [5, 5.41) is 5.01. The number of hydrogen-bond acceptors (Lipinski definition) is 6. The lowest BCUT2D eigenvalue weighted by Gasteiger charge is -2.21. The number of amides is 1. The van der Waals surface area contributed by atoms with E-state index in [4.69, 9.17) is 4.74 Å². The molecule has 0 bridgehead atoms. The van der Waals surface area contributed by atoms with Gasteiger partial charge >= 0.3 is 0 Å². The second-order valence-corrected chi connectivity index (χ2v) is 6.77. The minimum Gasteiger partial charge on any atom is -0.470 e. The molecule has 6 nitrogen and oxygen atoms in total. The Morgan fingerprint density at radius 3 is 2.48 bits per heavy atom. The van der Waals surface area contributed by atoms with Gasteiger partial charge in [-0.15, -0.1) is 11.3 Å². The predicted molar refractivity (Wildman–Crippen MR) is 90.0 cm³/mol. The van der Waals surface area contributed by atoms with E-state index in [9.17, 15) is 4.79 Å². The standard InChI is InChI=1S/C16H16N4O2S/c1-16(2,3)22-14-12(13(21)20-15-17-8-9-23-15)18-10-6-4-5-7-11(10)19-14/h4-9H,1-3H3,(H,17,20,21). The predicted octanol–water partition coefficient (Wildman–Crippen LogP) is 3.52. The van der Waals surface area contributed by atoms with E-state index >= 15 is 0 Å². The third-order valence-corrected chi connectivity index (χ3v) is 3.50. The first kappa shape index (κ1) is 15.4. The summed E-state index contributed by atoms with van der Waals surface area (Å²) in [5.41, 5.74) is 0.970. The highest BCUT2D eigenvalue weighted by molar-refractivity contribution is 7.13. The van der Waals surface area contributed by atoms with Gasteiger partial charge in [-0.3, -0.25) is 10.1 Å².